The lowest BCUT2D eigenvalue weighted by atomic mass is 10.1. The molecular formula is C15H17N3O5. The molecule has 2 unspecified atom stereocenters. The zero-order valence-corrected chi connectivity index (χ0v) is 12.7. The second-order valence-corrected chi connectivity index (χ2v) is 5.23. The molecule has 23 heavy (non-hydrogen) atoms. The number of nitrogens with one attached hydrogen (secondary N) is 1. The van der Waals surface area contributed by atoms with Crippen molar-refractivity contribution in [3.05, 3.63) is 57.8 Å². The highest BCUT2D eigenvalue weighted by molar-refractivity contribution is 5.95. The first-order valence-corrected chi connectivity index (χ1v) is 7.02. The van der Waals surface area contributed by atoms with Gasteiger partial charge in [0.05, 0.1) is 22.4 Å². The number of furan rings is 1. The summed E-state index contributed by atoms with van der Waals surface area (Å²) < 4.78 is 5.10. The van der Waals surface area contributed by atoms with Gasteiger partial charge in [-0.2, -0.15) is 0 Å². The normalized spacial score (nSPS) is 13.3. The maximum absolute atomic E-state index is 12.2. The van der Waals surface area contributed by atoms with Crippen molar-refractivity contribution in [3.8, 4) is 0 Å². The molecule has 0 bridgehead atoms. The highest BCUT2D eigenvalue weighted by Crippen LogP contribution is 2.19. The van der Waals surface area contributed by atoms with Gasteiger partial charge >= 0.3 is 0 Å². The predicted octanol–water partition coefficient (Wildman–Crippen LogP) is 2.13. The summed E-state index contributed by atoms with van der Waals surface area (Å²) in [5.41, 5.74) is 0.287. The summed E-state index contributed by atoms with van der Waals surface area (Å²) in [4.78, 5) is 26.3. The molecule has 0 aliphatic rings. The van der Waals surface area contributed by atoms with Crippen molar-refractivity contribution in [3.63, 3.8) is 0 Å². The molecule has 2 heterocycles. The molecule has 0 spiro atoms. The zero-order valence-electron chi connectivity index (χ0n) is 12.7. The average Bonchev–Trinajstić information content (AvgIpc) is 3.01. The van der Waals surface area contributed by atoms with Crippen LogP contribution in [-0.2, 0) is 0 Å². The SMILES string of the molecule is Cc1ncc([N+](=O)[O-])cc1C(=O)NC(C)CC(O)c1ccco1. The van der Waals surface area contributed by atoms with Crippen LogP contribution in [0.25, 0.3) is 0 Å². The topological polar surface area (TPSA) is 118 Å². The van der Waals surface area contributed by atoms with E-state index in [1.165, 1.54) is 12.3 Å². The van der Waals surface area contributed by atoms with Crippen molar-refractivity contribution < 1.29 is 19.2 Å². The lowest BCUT2D eigenvalue weighted by molar-refractivity contribution is -0.385. The predicted molar refractivity (Wildman–Crippen MR) is 80.8 cm³/mol. The summed E-state index contributed by atoms with van der Waals surface area (Å²) in [5, 5.41) is 23.5. The van der Waals surface area contributed by atoms with E-state index < -0.39 is 16.9 Å². The van der Waals surface area contributed by atoms with E-state index in [1.807, 2.05) is 0 Å². The second kappa shape index (κ2) is 7.01. The van der Waals surface area contributed by atoms with Gasteiger partial charge in [-0.25, -0.2) is 0 Å². The van der Waals surface area contributed by atoms with Crippen LogP contribution >= 0.6 is 0 Å². The van der Waals surface area contributed by atoms with Gasteiger partial charge in [0.15, 0.2) is 0 Å². The molecule has 1 amide bonds. The third kappa shape index (κ3) is 4.13. The molecular weight excluding hydrogens is 302 g/mol. The fourth-order valence-electron chi connectivity index (χ4n) is 2.14. The number of aromatic nitrogens is 1. The van der Waals surface area contributed by atoms with Crippen LogP contribution in [-0.4, -0.2) is 27.0 Å². The van der Waals surface area contributed by atoms with E-state index in [1.54, 1.807) is 26.0 Å². The van der Waals surface area contributed by atoms with Crippen molar-refractivity contribution >= 4 is 11.6 Å². The molecule has 8 nitrogen and oxygen atoms in total. The Labute approximate surface area is 132 Å². The van der Waals surface area contributed by atoms with E-state index in [9.17, 15) is 20.0 Å². The van der Waals surface area contributed by atoms with E-state index in [0.29, 0.717) is 11.5 Å². The van der Waals surface area contributed by atoms with Crippen molar-refractivity contribution in [1.29, 1.82) is 0 Å². The van der Waals surface area contributed by atoms with E-state index in [4.69, 9.17) is 4.42 Å². The van der Waals surface area contributed by atoms with Crippen LogP contribution in [0.1, 0.15) is 41.3 Å². The fourth-order valence-corrected chi connectivity index (χ4v) is 2.14. The van der Waals surface area contributed by atoms with Gasteiger partial charge in [0, 0.05) is 18.5 Å². The molecule has 0 aromatic carbocycles. The maximum Gasteiger partial charge on any atom is 0.288 e. The second-order valence-electron chi connectivity index (χ2n) is 5.23. The van der Waals surface area contributed by atoms with Crippen LogP contribution in [0.5, 0.6) is 0 Å². The van der Waals surface area contributed by atoms with E-state index in [-0.39, 0.29) is 23.7 Å². The summed E-state index contributed by atoms with van der Waals surface area (Å²) in [6.45, 7) is 3.32. The third-order valence-electron chi connectivity index (χ3n) is 3.35. The number of aliphatic hydroxyl groups is 1. The number of aliphatic hydroxyl groups excluding tert-OH is 1. The lowest BCUT2D eigenvalue weighted by Gasteiger charge is -2.17. The molecule has 2 atom stereocenters. The number of aryl methyl sites for hydroxylation is 1. The first-order chi connectivity index (χ1) is 10.9. The van der Waals surface area contributed by atoms with Gasteiger partial charge in [-0.05, 0) is 26.0 Å². The molecule has 0 saturated heterocycles. The Morgan fingerprint density at radius 2 is 2.30 bits per heavy atom. The average molecular weight is 319 g/mol. The first-order valence-electron chi connectivity index (χ1n) is 7.02. The molecule has 2 aromatic rings. The van der Waals surface area contributed by atoms with Crippen LogP contribution in [0.15, 0.2) is 35.1 Å². The van der Waals surface area contributed by atoms with Gasteiger partial charge in [0.25, 0.3) is 11.6 Å². The van der Waals surface area contributed by atoms with E-state index >= 15 is 0 Å². The minimum absolute atomic E-state index is 0.138. The Morgan fingerprint density at radius 1 is 1.57 bits per heavy atom. The number of hydrogen-bond donors (Lipinski definition) is 2. The van der Waals surface area contributed by atoms with Gasteiger partial charge in [0.2, 0.25) is 0 Å². The van der Waals surface area contributed by atoms with Gasteiger partial charge in [-0.3, -0.25) is 19.9 Å². The monoisotopic (exact) mass is 319 g/mol. The fraction of sp³-hybridized carbons (Fsp3) is 0.333. The Balaban J connectivity index is 2.03. The quantitative estimate of drug-likeness (QED) is 0.622. The molecule has 0 saturated carbocycles. The number of hydrogen-bond acceptors (Lipinski definition) is 6. The molecule has 0 radical (unpaired) electrons. The number of carbonyl (C=O) groups is 1. The number of pyridine rings is 1. The molecule has 8 heteroatoms. The van der Waals surface area contributed by atoms with E-state index in [2.05, 4.69) is 10.3 Å². The Hall–Kier alpha value is -2.74. The Kier molecular flexibility index (Phi) is 5.07. The van der Waals surface area contributed by atoms with Crippen LogP contribution in [0.2, 0.25) is 0 Å². The lowest BCUT2D eigenvalue weighted by Crippen LogP contribution is -2.34. The Morgan fingerprint density at radius 3 is 2.91 bits per heavy atom. The summed E-state index contributed by atoms with van der Waals surface area (Å²) in [6.07, 6.45) is 1.97. The first kappa shape index (κ1) is 16.6. The summed E-state index contributed by atoms with van der Waals surface area (Å²) in [7, 11) is 0. The summed E-state index contributed by atoms with van der Waals surface area (Å²) in [6, 6.07) is 4.14. The van der Waals surface area contributed by atoms with Crippen molar-refractivity contribution in [2.45, 2.75) is 32.4 Å². The van der Waals surface area contributed by atoms with Gasteiger partial charge < -0.3 is 14.8 Å². The number of nitro groups is 1. The highest BCUT2D eigenvalue weighted by Gasteiger charge is 2.20. The van der Waals surface area contributed by atoms with Crippen LogP contribution in [0.4, 0.5) is 5.69 Å². The molecule has 0 aliphatic heterocycles. The molecule has 2 rings (SSSR count). The standard InChI is InChI=1S/C15H17N3O5/c1-9(6-13(19)14-4-3-5-23-14)17-15(20)12-7-11(18(21)22)8-16-10(12)2/h3-5,7-9,13,19H,6H2,1-2H3,(H,17,20). The molecule has 122 valence electrons. The molecule has 2 aromatic heterocycles. The number of amides is 1. The molecule has 0 aliphatic carbocycles. The number of nitrogens with zero attached hydrogens (tertiary/aromatic N) is 2. The van der Waals surface area contributed by atoms with Gasteiger partial charge in [-0.1, -0.05) is 0 Å². The number of carbonyl (C=O) groups excluding carboxylic acids is 1. The smallest absolute Gasteiger partial charge is 0.288 e. The third-order valence-corrected chi connectivity index (χ3v) is 3.35. The highest BCUT2D eigenvalue weighted by atomic mass is 16.6. The molecule has 2 N–H and O–H groups in total. The van der Waals surface area contributed by atoms with Gasteiger partial charge in [-0.15, -0.1) is 0 Å². The van der Waals surface area contributed by atoms with Crippen molar-refractivity contribution in [2.75, 3.05) is 0 Å². The van der Waals surface area contributed by atoms with Crippen molar-refractivity contribution in [2.24, 2.45) is 0 Å². The summed E-state index contributed by atoms with van der Waals surface area (Å²) in [5.74, 6) is -0.0582. The van der Waals surface area contributed by atoms with Gasteiger partial charge in [0.1, 0.15) is 18.1 Å². The Bertz CT molecular complexity index is 699. The van der Waals surface area contributed by atoms with Crippen LogP contribution in [0, 0.1) is 17.0 Å². The zero-order chi connectivity index (χ0) is 17.0. The van der Waals surface area contributed by atoms with Crippen molar-refractivity contribution in [1.82, 2.24) is 10.3 Å². The van der Waals surface area contributed by atoms with E-state index in [0.717, 1.165) is 6.20 Å². The minimum atomic E-state index is -0.843. The number of rotatable bonds is 6. The maximum atomic E-state index is 12.2. The van der Waals surface area contributed by atoms with Crippen LogP contribution < -0.4 is 5.32 Å². The largest absolute Gasteiger partial charge is 0.467 e. The summed E-state index contributed by atoms with van der Waals surface area (Å²) >= 11 is 0. The molecule has 0 fully saturated rings. The van der Waals surface area contributed by atoms with Crippen LogP contribution in [0.3, 0.4) is 0 Å². The minimum Gasteiger partial charge on any atom is -0.467 e.